The number of nitrogens with zero attached hydrogens (tertiary/aromatic N) is 1. The van der Waals surface area contributed by atoms with Gasteiger partial charge in [-0.3, -0.25) is 0 Å². The highest BCUT2D eigenvalue weighted by Crippen LogP contribution is 2.08. The van der Waals surface area contributed by atoms with Crippen LogP contribution in [0.5, 0.6) is 0 Å². The summed E-state index contributed by atoms with van der Waals surface area (Å²) in [6, 6.07) is 0. The van der Waals surface area contributed by atoms with E-state index in [2.05, 4.69) is 24.1 Å². The largest absolute Gasteiger partial charge is 0.443 e. The second-order valence-electron chi connectivity index (χ2n) is 5.28. The van der Waals surface area contributed by atoms with Crippen LogP contribution in [0.15, 0.2) is 10.6 Å². The maximum atomic E-state index is 5.60. The third-order valence-corrected chi connectivity index (χ3v) is 2.46. The molecule has 0 aliphatic carbocycles. The zero-order valence-corrected chi connectivity index (χ0v) is 12.0. The zero-order valence-electron chi connectivity index (χ0n) is 12.0. The first-order chi connectivity index (χ1) is 8.58. The number of rotatable bonds is 9. The molecule has 0 radical (unpaired) electrons. The van der Waals surface area contributed by atoms with Crippen molar-refractivity contribution in [1.82, 2.24) is 10.3 Å². The Bertz CT molecular complexity index is 321. The van der Waals surface area contributed by atoms with Crippen LogP contribution in [-0.4, -0.2) is 24.2 Å². The molecule has 0 spiro atoms. The molecule has 0 aliphatic heterocycles. The van der Waals surface area contributed by atoms with Crippen LogP contribution in [0.2, 0.25) is 0 Å². The van der Waals surface area contributed by atoms with Crippen LogP contribution in [0.25, 0.3) is 0 Å². The molecule has 0 saturated carbocycles. The Kier molecular flexibility index (Phi) is 6.98. The third-order valence-electron chi connectivity index (χ3n) is 2.46. The molecule has 0 fully saturated rings. The van der Waals surface area contributed by atoms with Crippen molar-refractivity contribution in [3.05, 3.63) is 17.8 Å². The summed E-state index contributed by atoms with van der Waals surface area (Å²) in [7, 11) is 0. The fourth-order valence-electron chi connectivity index (χ4n) is 1.53. The van der Waals surface area contributed by atoms with E-state index in [0.717, 1.165) is 37.6 Å². The summed E-state index contributed by atoms with van der Waals surface area (Å²) >= 11 is 0. The monoisotopic (exact) mass is 254 g/mol. The smallest absolute Gasteiger partial charge is 0.194 e. The Labute approximate surface area is 110 Å². The lowest BCUT2D eigenvalue weighted by atomic mass is 10.2. The predicted molar refractivity (Wildman–Crippen MR) is 72.5 cm³/mol. The fourth-order valence-corrected chi connectivity index (χ4v) is 1.53. The van der Waals surface area contributed by atoms with Gasteiger partial charge in [0, 0.05) is 6.42 Å². The summed E-state index contributed by atoms with van der Waals surface area (Å²) < 4.78 is 11.1. The van der Waals surface area contributed by atoms with E-state index < -0.39 is 0 Å². The predicted octanol–water partition coefficient (Wildman–Crippen LogP) is 2.78. The highest BCUT2D eigenvalue weighted by Gasteiger charge is 2.05. The molecule has 1 N–H and O–H groups in total. The van der Waals surface area contributed by atoms with Gasteiger partial charge in [-0.1, -0.05) is 13.8 Å². The fraction of sp³-hybridized carbons (Fsp3) is 0.786. The van der Waals surface area contributed by atoms with E-state index in [0.29, 0.717) is 12.5 Å². The molecule has 1 heterocycles. The standard InChI is InChI=1S/C14H26N2O2/c1-11(2)8-15-7-5-6-14-16-9-13(18-14)10-17-12(3)4/h9,11-12,15H,5-8,10H2,1-4H3. The second-order valence-corrected chi connectivity index (χ2v) is 5.28. The lowest BCUT2D eigenvalue weighted by Gasteiger charge is -2.06. The molecule has 18 heavy (non-hydrogen) atoms. The number of aryl methyl sites for hydroxylation is 1. The summed E-state index contributed by atoms with van der Waals surface area (Å²) in [6.07, 6.45) is 3.92. The molecule has 0 aromatic carbocycles. The van der Waals surface area contributed by atoms with Crippen LogP contribution in [0.3, 0.4) is 0 Å². The molecule has 0 saturated heterocycles. The molecule has 0 atom stereocenters. The summed E-state index contributed by atoms with van der Waals surface area (Å²) in [4.78, 5) is 4.25. The molecule has 1 aromatic rings. The minimum atomic E-state index is 0.221. The molecular formula is C14H26N2O2. The van der Waals surface area contributed by atoms with E-state index in [9.17, 15) is 0 Å². The van der Waals surface area contributed by atoms with Crippen molar-refractivity contribution in [3.63, 3.8) is 0 Å². The minimum absolute atomic E-state index is 0.221. The van der Waals surface area contributed by atoms with E-state index in [1.54, 1.807) is 6.20 Å². The number of ether oxygens (including phenoxy) is 1. The summed E-state index contributed by atoms with van der Waals surface area (Å²) in [5.74, 6) is 2.32. The maximum absolute atomic E-state index is 5.60. The van der Waals surface area contributed by atoms with Crippen LogP contribution < -0.4 is 5.32 Å². The van der Waals surface area contributed by atoms with Crippen molar-refractivity contribution in [2.24, 2.45) is 5.92 Å². The van der Waals surface area contributed by atoms with Gasteiger partial charge < -0.3 is 14.5 Å². The third kappa shape index (κ3) is 6.77. The number of aromatic nitrogens is 1. The van der Waals surface area contributed by atoms with Crippen LogP contribution in [0, 0.1) is 5.92 Å². The molecule has 4 heteroatoms. The highest BCUT2D eigenvalue weighted by atomic mass is 16.5. The van der Waals surface area contributed by atoms with Crippen LogP contribution in [0.4, 0.5) is 0 Å². The molecule has 0 bridgehead atoms. The topological polar surface area (TPSA) is 47.3 Å². The molecule has 1 rings (SSSR count). The lowest BCUT2D eigenvalue weighted by Crippen LogP contribution is -2.21. The van der Waals surface area contributed by atoms with Gasteiger partial charge in [0.15, 0.2) is 5.89 Å². The van der Waals surface area contributed by atoms with E-state index in [4.69, 9.17) is 9.15 Å². The van der Waals surface area contributed by atoms with E-state index in [1.165, 1.54) is 0 Å². The Hall–Kier alpha value is -0.870. The summed E-state index contributed by atoms with van der Waals surface area (Å²) in [6.45, 7) is 11.0. The van der Waals surface area contributed by atoms with Gasteiger partial charge in [-0.25, -0.2) is 4.98 Å². The van der Waals surface area contributed by atoms with Gasteiger partial charge in [0.2, 0.25) is 0 Å². The Balaban J connectivity index is 2.15. The molecular weight excluding hydrogens is 228 g/mol. The molecule has 0 amide bonds. The van der Waals surface area contributed by atoms with Gasteiger partial charge in [-0.2, -0.15) is 0 Å². The first kappa shape index (κ1) is 15.2. The van der Waals surface area contributed by atoms with Crippen LogP contribution in [-0.2, 0) is 17.8 Å². The Morgan fingerprint density at radius 3 is 2.78 bits per heavy atom. The summed E-state index contributed by atoms with van der Waals surface area (Å²) in [5, 5.41) is 3.41. The van der Waals surface area contributed by atoms with E-state index in [-0.39, 0.29) is 6.10 Å². The van der Waals surface area contributed by atoms with Crippen molar-refractivity contribution in [3.8, 4) is 0 Å². The van der Waals surface area contributed by atoms with Crippen molar-refractivity contribution in [2.45, 2.75) is 53.2 Å². The highest BCUT2D eigenvalue weighted by molar-refractivity contribution is 4.92. The van der Waals surface area contributed by atoms with E-state index >= 15 is 0 Å². The average Bonchev–Trinajstić information content (AvgIpc) is 2.73. The van der Waals surface area contributed by atoms with Gasteiger partial charge in [-0.15, -0.1) is 0 Å². The first-order valence-corrected chi connectivity index (χ1v) is 6.83. The quantitative estimate of drug-likeness (QED) is 0.688. The van der Waals surface area contributed by atoms with Gasteiger partial charge in [0.1, 0.15) is 12.4 Å². The van der Waals surface area contributed by atoms with Crippen molar-refractivity contribution in [1.29, 1.82) is 0 Å². The van der Waals surface area contributed by atoms with Gasteiger partial charge in [0.05, 0.1) is 12.3 Å². The van der Waals surface area contributed by atoms with Gasteiger partial charge >= 0.3 is 0 Å². The molecule has 4 nitrogen and oxygen atoms in total. The Morgan fingerprint density at radius 1 is 1.33 bits per heavy atom. The zero-order chi connectivity index (χ0) is 13.4. The van der Waals surface area contributed by atoms with Gasteiger partial charge in [-0.05, 0) is 39.3 Å². The Morgan fingerprint density at radius 2 is 2.11 bits per heavy atom. The van der Waals surface area contributed by atoms with Crippen molar-refractivity contribution in [2.75, 3.05) is 13.1 Å². The van der Waals surface area contributed by atoms with Gasteiger partial charge in [0.25, 0.3) is 0 Å². The average molecular weight is 254 g/mol. The molecule has 1 aromatic heterocycles. The first-order valence-electron chi connectivity index (χ1n) is 6.83. The number of nitrogens with one attached hydrogen (secondary N) is 1. The molecule has 104 valence electrons. The van der Waals surface area contributed by atoms with E-state index in [1.807, 2.05) is 13.8 Å². The van der Waals surface area contributed by atoms with Crippen molar-refractivity contribution < 1.29 is 9.15 Å². The second kappa shape index (κ2) is 8.27. The number of oxazole rings is 1. The van der Waals surface area contributed by atoms with Crippen LogP contribution in [0.1, 0.15) is 45.8 Å². The SMILES string of the molecule is CC(C)CNCCCc1ncc(COC(C)C)o1. The molecule has 0 aliphatic rings. The van der Waals surface area contributed by atoms with Crippen molar-refractivity contribution >= 4 is 0 Å². The number of hydrogen-bond donors (Lipinski definition) is 1. The lowest BCUT2D eigenvalue weighted by molar-refractivity contribution is 0.0539. The molecule has 0 unspecified atom stereocenters. The normalized spacial score (nSPS) is 11.7. The maximum Gasteiger partial charge on any atom is 0.194 e. The van der Waals surface area contributed by atoms with Crippen LogP contribution >= 0.6 is 0 Å². The number of hydrogen-bond acceptors (Lipinski definition) is 4. The summed E-state index contributed by atoms with van der Waals surface area (Å²) in [5.41, 5.74) is 0. The minimum Gasteiger partial charge on any atom is -0.443 e.